The van der Waals surface area contributed by atoms with Gasteiger partial charge in [-0.05, 0) is 118 Å². The van der Waals surface area contributed by atoms with Gasteiger partial charge >= 0.3 is 0 Å². The summed E-state index contributed by atoms with van der Waals surface area (Å²) in [5.74, 6) is 3.00. The quantitative estimate of drug-likeness (QED) is 0.172. The second-order valence-electron chi connectivity index (χ2n) is 18.7. The molecule has 10 aromatic rings. The van der Waals surface area contributed by atoms with Gasteiger partial charge in [0.1, 0.15) is 28.5 Å². The van der Waals surface area contributed by atoms with E-state index in [1.165, 1.54) is 50.1 Å². The van der Waals surface area contributed by atoms with E-state index in [0.717, 1.165) is 61.1 Å². The first kappa shape index (κ1) is 40.6. The van der Waals surface area contributed by atoms with Gasteiger partial charge in [-0.2, -0.15) is 0 Å². The van der Waals surface area contributed by atoms with Gasteiger partial charge < -0.3 is 9.15 Å². The van der Waals surface area contributed by atoms with E-state index in [1.807, 2.05) is 43.4 Å². The van der Waals surface area contributed by atoms with Crippen LogP contribution in [0.3, 0.4) is 0 Å². The van der Waals surface area contributed by atoms with Crippen molar-refractivity contribution in [3.8, 4) is 67.3 Å². The second kappa shape index (κ2) is 15.4. The first-order chi connectivity index (χ1) is 33.7. The zero-order chi connectivity index (χ0) is 46.4. The van der Waals surface area contributed by atoms with Gasteiger partial charge in [0.25, 0.3) is 0 Å². The summed E-state index contributed by atoms with van der Waals surface area (Å²) < 4.78 is 12.8. The predicted octanol–water partition coefficient (Wildman–Crippen LogP) is 15.9. The molecule has 328 valence electrons. The molecule has 3 aliphatic rings. The molecular weight excluding hydrogens is 843 g/mol. The minimum absolute atomic E-state index is 0.445. The Bertz CT molecular complexity index is 3870. The maximum Gasteiger partial charge on any atom is 0.163 e. The van der Waals surface area contributed by atoms with E-state index in [-0.39, 0.29) is 0 Å². The summed E-state index contributed by atoms with van der Waals surface area (Å²) in [6, 6.07) is 63.4. The summed E-state index contributed by atoms with van der Waals surface area (Å²) >= 11 is 0. The second-order valence-corrected chi connectivity index (χ2v) is 18.7. The maximum absolute atomic E-state index is 6.85. The average Bonchev–Trinajstić information content (AvgIpc) is 4.02. The van der Waals surface area contributed by atoms with Crippen molar-refractivity contribution < 1.29 is 9.15 Å². The predicted molar refractivity (Wildman–Crippen MR) is 279 cm³/mol. The van der Waals surface area contributed by atoms with Crippen LogP contribution in [0.1, 0.15) is 47.5 Å². The standard InChI is InChI=1S/C64H45N3O2/c1-39-24-30-56-51(35-39)47-18-8-11-21-54(47)64(56)55-22-12-9-19-48(55)52-36-45(29-31-57(52)64)50-37-46(38-53-49-20-10-13-23-58(49)69-59(50)53)61-65-60(44-27-25-43(26-28-44)42-16-6-5-7-17-42)66-62(67-61)63(4)33-14-15-40(2)68-41(3)32-34-63/h5-38H,3H2,1-2,4H3/b33-14-,34-32?,40-15+. The molecule has 2 atom stereocenters. The van der Waals surface area contributed by atoms with Crippen LogP contribution in [-0.2, 0) is 15.6 Å². The van der Waals surface area contributed by atoms with Gasteiger partial charge in [0.15, 0.2) is 11.6 Å². The van der Waals surface area contributed by atoms with Crippen LogP contribution >= 0.6 is 0 Å². The molecule has 0 saturated carbocycles. The first-order valence-electron chi connectivity index (χ1n) is 23.5. The average molecular weight is 888 g/mol. The fraction of sp³-hybridized carbons (Fsp3) is 0.0781. The van der Waals surface area contributed by atoms with Crippen molar-refractivity contribution in [2.24, 2.45) is 0 Å². The number of hydrogen-bond acceptors (Lipinski definition) is 5. The summed E-state index contributed by atoms with van der Waals surface area (Å²) in [7, 11) is 0. The number of furan rings is 1. The molecule has 5 heteroatoms. The monoisotopic (exact) mass is 887 g/mol. The van der Waals surface area contributed by atoms with E-state index >= 15 is 0 Å². The van der Waals surface area contributed by atoms with Crippen molar-refractivity contribution >= 4 is 21.9 Å². The fourth-order valence-corrected chi connectivity index (χ4v) is 11.0. The zero-order valence-corrected chi connectivity index (χ0v) is 38.5. The number of ether oxygens (including phenoxy) is 1. The van der Waals surface area contributed by atoms with Gasteiger partial charge in [-0.25, -0.2) is 15.0 Å². The highest BCUT2D eigenvalue weighted by molar-refractivity contribution is 6.11. The highest BCUT2D eigenvalue weighted by Crippen LogP contribution is 2.63. The summed E-state index contributed by atoms with van der Waals surface area (Å²) in [5.41, 5.74) is 18.0. The van der Waals surface area contributed by atoms with Crippen LogP contribution in [0.4, 0.5) is 0 Å². The van der Waals surface area contributed by atoms with Crippen molar-refractivity contribution in [3.63, 3.8) is 0 Å². The minimum atomic E-state index is -0.751. The Balaban J connectivity index is 1.03. The molecule has 0 bridgehead atoms. The lowest BCUT2D eigenvalue weighted by atomic mass is 9.70. The normalized spacial score (nSPS) is 18.9. The number of fused-ring (bicyclic) bond motifs is 13. The van der Waals surface area contributed by atoms with Gasteiger partial charge in [0, 0.05) is 27.5 Å². The Morgan fingerprint density at radius 3 is 1.84 bits per heavy atom. The van der Waals surface area contributed by atoms with Gasteiger partial charge in [-0.1, -0.05) is 182 Å². The third-order valence-electron chi connectivity index (χ3n) is 14.3. The van der Waals surface area contributed by atoms with Gasteiger partial charge in [0.2, 0.25) is 0 Å². The van der Waals surface area contributed by atoms with E-state index < -0.39 is 10.8 Å². The molecule has 8 aromatic carbocycles. The molecule has 0 fully saturated rings. The number of aryl methyl sites for hydroxylation is 1. The molecule has 1 aliphatic heterocycles. The third-order valence-corrected chi connectivity index (χ3v) is 14.3. The van der Waals surface area contributed by atoms with E-state index in [0.29, 0.717) is 23.2 Å². The molecular formula is C64H45N3O2. The van der Waals surface area contributed by atoms with Crippen LogP contribution in [0.25, 0.3) is 89.2 Å². The van der Waals surface area contributed by atoms with Crippen molar-refractivity contribution in [2.75, 3.05) is 0 Å². The lowest BCUT2D eigenvalue weighted by Crippen LogP contribution is -2.25. The topological polar surface area (TPSA) is 61.0 Å². The van der Waals surface area contributed by atoms with E-state index in [4.69, 9.17) is 24.1 Å². The molecule has 0 amide bonds. The van der Waals surface area contributed by atoms with Crippen LogP contribution in [0, 0.1) is 6.92 Å². The molecule has 2 aromatic heterocycles. The van der Waals surface area contributed by atoms with Crippen molar-refractivity contribution in [3.05, 3.63) is 258 Å². The lowest BCUT2D eigenvalue weighted by molar-refractivity contribution is 0.324. The summed E-state index contributed by atoms with van der Waals surface area (Å²) in [6.07, 6.45) is 9.99. The Hall–Kier alpha value is -8.67. The molecule has 5 nitrogen and oxygen atoms in total. The minimum Gasteiger partial charge on any atom is -0.463 e. The SMILES string of the molecule is C=C1C=CC(C)(c2nc(-c3ccc(-c4ccccc4)cc3)nc(-c3cc(-c4ccc5c(c4)-c4ccccc4C54c5ccccc5-c5cc(C)ccc54)c4oc5ccccc5c4c3)n2)/C=C\C=C(/C)O1. The number of nitrogens with zero attached hydrogens (tertiary/aromatic N) is 3. The van der Waals surface area contributed by atoms with Crippen molar-refractivity contribution in [2.45, 2.75) is 31.6 Å². The van der Waals surface area contributed by atoms with Crippen molar-refractivity contribution in [1.29, 1.82) is 0 Å². The number of rotatable bonds is 5. The third kappa shape index (κ3) is 6.34. The molecule has 0 N–H and O–H groups in total. The van der Waals surface area contributed by atoms with Gasteiger partial charge in [0.05, 0.1) is 10.8 Å². The lowest BCUT2D eigenvalue weighted by Gasteiger charge is -2.30. The molecule has 1 spiro atoms. The molecule has 13 rings (SSSR count). The highest BCUT2D eigenvalue weighted by atomic mass is 16.5. The Kier molecular flexibility index (Phi) is 9.09. The Morgan fingerprint density at radius 1 is 0.478 bits per heavy atom. The smallest absolute Gasteiger partial charge is 0.163 e. The summed E-state index contributed by atoms with van der Waals surface area (Å²) in [4.78, 5) is 16.0. The van der Waals surface area contributed by atoms with E-state index in [1.54, 1.807) is 0 Å². The molecule has 3 heterocycles. The molecule has 0 radical (unpaired) electrons. The Morgan fingerprint density at radius 2 is 1.07 bits per heavy atom. The van der Waals surface area contributed by atoms with Crippen molar-refractivity contribution in [1.82, 2.24) is 15.0 Å². The highest BCUT2D eigenvalue weighted by Gasteiger charge is 2.51. The first-order valence-corrected chi connectivity index (χ1v) is 23.5. The maximum atomic E-state index is 6.85. The van der Waals surface area contributed by atoms with Gasteiger partial charge in [-0.15, -0.1) is 0 Å². The van der Waals surface area contributed by atoms with Crippen LogP contribution in [0.2, 0.25) is 0 Å². The molecule has 2 aliphatic carbocycles. The molecule has 0 saturated heterocycles. The van der Waals surface area contributed by atoms with Crippen LogP contribution < -0.4 is 0 Å². The van der Waals surface area contributed by atoms with E-state index in [2.05, 4.69) is 190 Å². The molecule has 2 unspecified atom stereocenters. The summed E-state index contributed by atoms with van der Waals surface area (Å²) in [5, 5.41) is 2.01. The van der Waals surface area contributed by atoms with Crippen LogP contribution in [-0.4, -0.2) is 15.0 Å². The van der Waals surface area contributed by atoms with E-state index in [9.17, 15) is 0 Å². The zero-order valence-electron chi connectivity index (χ0n) is 38.5. The van der Waals surface area contributed by atoms with Crippen LogP contribution in [0.15, 0.2) is 229 Å². The largest absolute Gasteiger partial charge is 0.463 e. The number of allylic oxidation sites excluding steroid dienone is 6. The molecule has 69 heavy (non-hydrogen) atoms. The number of aromatic nitrogens is 3. The van der Waals surface area contributed by atoms with Gasteiger partial charge in [-0.3, -0.25) is 0 Å². The fourth-order valence-electron chi connectivity index (χ4n) is 11.0. The van der Waals surface area contributed by atoms with Crippen LogP contribution in [0.5, 0.6) is 0 Å². The number of para-hydroxylation sites is 1. The number of hydrogen-bond donors (Lipinski definition) is 0. The summed E-state index contributed by atoms with van der Waals surface area (Å²) in [6.45, 7) is 10.4. The number of benzene rings is 8. The Labute approximate surface area is 401 Å².